The van der Waals surface area contributed by atoms with Crippen LogP contribution in [0, 0.1) is 20.2 Å². The average Bonchev–Trinajstić information content (AvgIpc) is 2.44. The van der Waals surface area contributed by atoms with Crippen molar-refractivity contribution in [2.24, 2.45) is 0 Å². The Hall–Kier alpha value is -1.54. The summed E-state index contributed by atoms with van der Waals surface area (Å²) in [5, 5.41) is 32.7. The van der Waals surface area contributed by atoms with Crippen LogP contribution >= 0.6 is 0 Å². The van der Waals surface area contributed by atoms with Crippen LogP contribution in [-0.2, 0) is 0 Å². The number of nitrogens with zero attached hydrogens (tertiary/aromatic N) is 3. The van der Waals surface area contributed by atoms with Gasteiger partial charge in [0.25, 0.3) is 5.54 Å². The third-order valence-electron chi connectivity index (χ3n) is 5.04. The van der Waals surface area contributed by atoms with E-state index in [4.69, 9.17) is 0 Å². The van der Waals surface area contributed by atoms with E-state index in [2.05, 4.69) is 0 Å². The summed E-state index contributed by atoms with van der Waals surface area (Å²) >= 11 is 0. The van der Waals surface area contributed by atoms with E-state index in [0.29, 0.717) is 12.0 Å². The minimum Gasteiger partial charge on any atom is -0.395 e. The summed E-state index contributed by atoms with van der Waals surface area (Å²) in [6.07, 6.45) is 2.38. The molecule has 1 fully saturated rings. The molecule has 118 valence electrons. The summed E-state index contributed by atoms with van der Waals surface area (Å²) in [7, 11) is 0. The van der Waals surface area contributed by atoms with Gasteiger partial charge in [-0.05, 0) is 13.3 Å². The van der Waals surface area contributed by atoms with Crippen LogP contribution in [0.15, 0.2) is 11.6 Å². The number of fused-ring (bicyclic) bond motifs is 2. The molecule has 8 nitrogen and oxygen atoms in total. The summed E-state index contributed by atoms with van der Waals surface area (Å²) in [5.74, 6) is 0. The molecule has 1 N–H and O–H groups in total. The summed E-state index contributed by atoms with van der Waals surface area (Å²) in [6.45, 7) is 3.66. The zero-order valence-electron chi connectivity index (χ0n) is 12.3. The van der Waals surface area contributed by atoms with E-state index < -0.39 is 11.1 Å². The highest BCUT2D eigenvalue weighted by molar-refractivity contribution is 5.25. The number of hydrogen-bond acceptors (Lipinski definition) is 6. The van der Waals surface area contributed by atoms with Crippen molar-refractivity contribution in [3.8, 4) is 0 Å². The molecule has 21 heavy (non-hydrogen) atoms. The maximum absolute atomic E-state index is 11.7. The Labute approximate surface area is 122 Å². The lowest BCUT2D eigenvalue weighted by molar-refractivity contribution is -0.622. The molecule has 2 rings (SSSR count). The Bertz CT molecular complexity index is 490. The van der Waals surface area contributed by atoms with Crippen LogP contribution in [-0.4, -0.2) is 56.7 Å². The largest absolute Gasteiger partial charge is 0.395 e. The molecule has 0 aromatic rings. The van der Waals surface area contributed by atoms with Gasteiger partial charge in [-0.1, -0.05) is 13.0 Å². The van der Waals surface area contributed by atoms with Gasteiger partial charge in [0.05, 0.1) is 26.1 Å². The third kappa shape index (κ3) is 2.32. The third-order valence-corrected chi connectivity index (χ3v) is 5.04. The molecule has 0 amide bonds. The fourth-order valence-electron chi connectivity index (χ4n) is 3.58. The minimum atomic E-state index is -1.41. The number of rotatable bonds is 5. The maximum atomic E-state index is 11.7. The minimum absolute atomic E-state index is 0.0688. The highest BCUT2D eigenvalue weighted by atomic mass is 16.6. The Morgan fingerprint density at radius 2 is 2.05 bits per heavy atom. The molecule has 0 spiro atoms. The first-order valence-electron chi connectivity index (χ1n) is 7.12. The molecule has 8 heteroatoms. The van der Waals surface area contributed by atoms with Crippen LogP contribution in [0.3, 0.4) is 0 Å². The van der Waals surface area contributed by atoms with Crippen molar-refractivity contribution in [1.29, 1.82) is 0 Å². The lowest BCUT2D eigenvalue weighted by Crippen LogP contribution is -2.68. The fraction of sp³-hybridized carbons (Fsp3) is 0.846. The number of aliphatic hydroxyl groups is 1. The van der Waals surface area contributed by atoms with Gasteiger partial charge in [-0.3, -0.25) is 25.1 Å². The number of piperidine rings is 1. The van der Waals surface area contributed by atoms with Gasteiger partial charge in [-0.2, -0.15) is 0 Å². The van der Waals surface area contributed by atoms with E-state index >= 15 is 0 Å². The second kappa shape index (κ2) is 5.34. The smallest absolute Gasteiger partial charge is 0.262 e. The van der Waals surface area contributed by atoms with Gasteiger partial charge >= 0.3 is 0 Å². The molecule has 1 aliphatic heterocycles. The van der Waals surface area contributed by atoms with Crippen LogP contribution in [0.4, 0.5) is 0 Å². The topological polar surface area (TPSA) is 110 Å². The monoisotopic (exact) mass is 299 g/mol. The van der Waals surface area contributed by atoms with Crippen LogP contribution < -0.4 is 0 Å². The fourth-order valence-corrected chi connectivity index (χ4v) is 3.58. The van der Waals surface area contributed by atoms with Crippen molar-refractivity contribution in [2.45, 2.75) is 50.2 Å². The number of nitro groups is 2. The summed E-state index contributed by atoms with van der Waals surface area (Å²) in [6, 6.07) is -0.283. The molecular weight excluding hydrogens is 278 g/mol. The molecule has 1 aliphatic carbocycles. The van der Waals surface area contributed by atoms with Crippen LogP contribution in [0.25, 0.3) is 0 Å². The van der Waals surface area contributed by atoms with E-state index in [1.807, 2.05) is 6.92 Å². The average molecular weight is 299 g/mol. The van der Waals surface area contributed by atoms with E-state index in [-0.39, 0.29) is 48.4 Å². The molecule has 1 saturated heterocycles. The number of aliphatic hydroxyl groups excluding tert-OH is 1. The van der Waals surface area contributed by atoms with Crippen LogP contribution in [0.5, 0.6) is 0 Å². The van der Waals surface area contributed by atoms with E-state index in [0.717, 1.165) is 0 Å². The van der Waals surface area contributed by atoms with Gasteiger partial charge in [-0.15, -0.1) is 0 Å². The molecule has 2 bridgehead atoms. The Balaban J connectivity index is 2.49. The number of likely N-dealkylation sites (tertiary alicyclic amines) is 1. The predicted molar refractivity (Wildman–Crippen MR) is 75.2 cm³/mol. The standard InChI is InChI=1S/C13H21N3O5/c1-3-11(6-17)14-8-12(15(18)19)5-4-10(2)13(7-12,9-14)16(20)21/h4,11,17H,3,5-9H2,1-2H3. The molecule has 1 heterocycles. The van der Waals surface area contributed by atoms with Gasteiger partial charge in [-0.25, -0.2) is 0 Å². The van der Waals surface area contributed by atoms with Crippen molar-refractivity contribution in [3.63, 3.8) is 0 Å². The SMILES string of the molecule is CCC(CO)N1CC2([N+](=O)[O-])CC=C(C)C([N+](=O)[O-])(C1)C2. The first kappa shape index (κ1) is 15.8. The van der Waals surface area contributed by atoms with Gasteiger partial charge in [0.15, 0.2) is 0 Å². The van der Waals surface area contributed by atoms with Gasteiger partial charge in [0.1, 0.15) is 0 Å². The molecule has 0 aromatic heterocycles. The Kier molecular flexibility index (Phi) is 4.03. The molecular formula is C13H21N3O5. The summed E-state index contributed by atoms with van der Waals surface area (Å²) in [4.78, 5) is 24.2. The number of hydrogen-bond donors (Lipinski definition) is 1. The van der Waals surface area contributed by atoms with Crippen molar-refractivity contribution >= 4 is 0 Å². The van der Waals surface area contributed by atoms with Gasteiger partial charge in [0, 0.05) is 27.9 Å². The highest BCUT2D eigenvalue weighted by Gasteiger charge is 2.65. The van der Waals surface area contributed by atoms with Crippen molar-refractivity contribution in [3.05, 3.63) is 31.9 Å². The molecule has 0 radical (unpaired) electrons. The van der Waals surface area contributed by atoms with E-state index in [1.165, 1.54) is 0 Å². The predicted octanol–water partition coefficient (Wildman–Crippen LogP) is 0.844. The first-order chi connectivity index (χ1) is 9.81. The highest BCUT2D eigenvalue weighted by Crippen LogP contribution is 2.44. The second-order valence-corrected chi connectivity index (χ2v) is 6.19. The molecule has 0 saturated carbocycles. The van der Waals surface area contributed by atoms with Crippen LogP contribution in [0.1, 0.15) is 33.1 Å². The van der Waals surface area contributed by atoms with E-state index in [1.54, 1.807) is 17.9 Å². The summed E-state index contributed by atoms with van der Waals surface area (Å²) < 4.78 is 0. The molecule has 0 aromatic carbocycles. The summed E-state index contributed by atoms with van der Waals surface area (Å²) in [5.41, 5.74) is -2.15. The molecule has 3 atom stereocenters. The van der Waals surface area contributed by atoms with Crippen molar-refractivity contribution in [1.82, 2.24) is 4.90 Å². The van der Waals surface area contributed by atoms with Gasteiger partial charge < -0.3 is 5.11 Å². The zero-order valence-corrected chi connectivity index (χ0v) is 12.3. The quantitative estimate of drug-likeness (QED) is 0.457. The lowest BCUT2D eigenvalue weighted by atomic mass is 9.68. The van der Waals surface area contributed by atoms with Crippen molar-refractivity contribution in [2.75, 3.05) is 19.7 Å². The Morgan fingerprint density at radius 1 is 1.38 bits per heavy atom. The van der Waals surface area contributed by atoms with Crippen molar-refractivity contribution < 1.29 is 15.0 Å². The van der Waals surface area contributed by atoms with E-state index in [9.17, 15) is 25.3 Å². The first-order valence-corrected chi connectivity index (χ1v) is 7.12. The lowest BCUT2D eigenvalue weighted by Gasteiger charge is -2.47. The van der Waals surface area contributed by atoms with Crippen LogP contribution in [0.2, 0.25) is 0 Å². The second-order valence-electron chi connectivity index (χ2n) is 6.19. The normalized spacial score (nSPS) is 34.1. The Morgan fingerprint density at radius 3 is 2.52 bits per heavy atom. The maximum Gasteiger partial charge on any atom is 0.262 e. The molecule has 3 unspecified atom stereocenters. The van der Waals surface area contributed by atoms with Gasteiger partial charge in [0.2, 0.25) is 5.54 Å². The molecule has 2 aliphatic rings. The zero-order chi connectivity index (χ0) is 15.8.